The molecule has 0 radical (unpaired) electrons. The normalized spacial score (nSPS) is 18.0. The number of benzene rings is 1. The first kappa shape index (κ1) is 13.6. The average Bonchev–Trinajstić information content (AvgIpc) is 3.06. The third-order valence-electron chi connectivity index (χ3n) is 3.01. The highest BCUT2D eigenvalue weighted by atomic mass is 35.5. The van der Waals surface area contributed by atoms with Crippen LogP contribution in [0.2, 0.25) is 5.02 Å². The molecule has 102 valence electrons. The van der Waals surface area contributed by atoms with Gasteiger partial charge in [-0.15, -0.1) is 16.5 Å². The average molecular weight is 323 g/mol. The van der Waals surface area contributed by atoms with Crippen molar-refractivity contribution in [1.29, 1.82) is 0 Å². The molecule has 1 aliphatic heterocycles. The number of rotatable bonds is 3. The van der Waals surface area contributed by atoms with E-state index in [1.807, 2.05) is 41.5 Å². The van der Waals surface area contributed by atoms with Crippen molar-refractivity contribution >= 4 is 40.3 Å². The van der Waals surface area contributed by atoms with Crippen LogP contribution in [0.15, 0.2) is 39.9 Å². The summed E-state index contributed by atoms with van der Waals surface area (Å²) in [7, 11) is 0. The first-order valence-corrected chi connectivity index (χ1v) is 7.78. The third-order valence-corrected chi connectivity index (χ3v) is 4.49. The third kappa shape index (κ3) is 2.46. The van der Waals surface area contributed by atoms with Crippen molar-refractivity contribution < 1.29 is 0 Å². The number of thiazole rings is 1. The number of nitrogens with zero attached hydrogens (tertiary/aromatic N) is 4. The molecule has 0 aliphatic carbocycles. The Bertz CT molecular complexity index is 665. The molecule has 20 heavy (non-hydrogen) atoms. The van der Waals surface area contributed by atoms with E-state index in [1.54, 1.807) is 11.3 Å². The Hall–Kier alpha value is -1.37. The van der Waals surface area contributed by atoms with Gasteiger partial charge < -0.3 is 4.90 Å². The molecule has 0 fully saturated rings. The van der Waals surface area contributed by atoms with Crippen LogP contribution >= 0.6 is 35.2 Å². The zero-order valence-electron chi connectivity index (χ0n) is 10.7. The second kappa shape index (κ2) is 5.55. The fraction of sp³-hybridized carbons (Fsp3) is 0.231. The van der Waals surface area contributed by atoms with Crippen LogP contribution in [0.5, 0.6) is 0 Å². The Balaban J connectivity index is 1.89. The highest BCUT2D eigenvalue weighted by molar-refractivity contribution is 7.80. The Labute approximate surface area is 131 Å². The highest BCUT2D eigenvalue weighted by Gasteiger charge is 2.28. The monoisotopic (exact) mass is 322 g/mol. The van der Waals surface area contributed by atoms with E-state index in [4.69, 9.17) is 23.8 Å². The maximum Gasteiger partial charge on any atom is 0.218 e. The van der Waals surface area contributed by atoms with E-state index in [1.165, 1.54) is 0 Å². The SMILES string of the molecule is CCN1C(=S)N=NC1c1csc(-c2ccc(Cl)cc2)n1. The van der Waals surface area contributed by atoms with E-state index in [-0.39, 0.29) is 6.17 Å². The largest absolute Gasteiger partial charge is 0.318 e. The topological polar surface area (TPSA) is 40.9 Å². The summed E-state index contributed by atoms with van der Waals surface area (Å²) >= 11 is 12.6. The van der Waals surface area contributed by atoms with Crippen LogP contribution in [0.25, 0.3) is 10.6 Å². The van der Waals surface area contributed by atoms with E-state index < -0.39 is 0 Å². The molecule has 2 aromatic rings. The molecule has 7 heteroatoms. The van der Waals surface area contributed by atoms with Gasteiger partial charge in [-0.05, 0) is 31.3 Å². The van der Waals surface area contributed by atoms with Crippen LogP contribution in [0, 0.1) is 0 Å². The predicted molar refractivity (Wildman–Crippen MR) is 85.1 cm³/mol. The van der Waals surface area contributed by atoms with Gasteiger partial charge in [-0.2, -0.15) is 5.11 Å². The fourth-order valence-corrected chi connectivity index (χ4v) is 3.22. The number of hydrogen-bond donors (Lipinski definition) is 0. The number of hydrogen-bond acceptors (Lipinski definition) is 4. The van der Waals surface area contributed by atoms with Gasteiger partial charge in [0, 0.05) is 22.5 Å². The molecule has 1 aliphatic rings. The van der Waals surface area contributed by atoms with Gasteiger partial charge in [0.2, 0.25) is 5.11 Å². The van der Waals surface area contributed by atoms with Crippen LogP contribution in [0.1, 0.15) is 18.8 Å². The molecular formula is C13H11ClN4S2. The van der Waals surface area contributed by atoms with Gasteiger partial charge in [0.25, 0.3) is 0 Å². The van der Waals surface area contributed by atoms with Crippen molar-refractivity contribution in [2.75, 3.05) is 6.54 Å². The first-order chi connectivity index (χ1) is 9.69. The van der Waals surface area contributed by atoms with Crippen molar-refractivity contribution in [3.8, 4) is 10.6 Å². The zero-order valence-corrected chi connectivity index (χ0v) is 13.0. The summed E-state index contributed by atoms with van der Waals surface area (Å²) in [6.07, 6.45) is -0.190. The summed E-state index contributed by atoms with van der Waals surface area (Å²) in [5.74, 6) is 0. The lowest BCUT2D eigenvalue weighted by molar-refractivity contribution is 0.359. The Morgan fingerprint density at radius 1 is 1.35 bits per heavy atom. The number of halogens is 1. The molecule has 1 aromatic heterocycles. The summed E-state index contributed by atoms with van der Waals surface area (Å²) in [6, 6.07) is 7.65. The molecule has 2 heterocycles. The lowest BCUT2D eigenvalue weighted by Gasteiger charge is -2.19. The van der Waals surface area contributed by atoms with E-state index in [0.29, 0.717) is 5.11 Å². The summed E-state index contributed by atoms with van der Waals surface area (Å²) in [4.78, 5) is 6.60. The van der Waals surface area contributed by atoms with Crippen molar-refractivity contribution in [2.45, 2.75) is 13.1 Å². The zero-order chi connectivity index (χ0) is 14.1. The van der Waals surface area contributed by atoms with Crippen molar-refractivity contribution in [1.82, 2.24) is 9.88 Å². The lowest BCUT2D eigenvalue weighted by atomic mass is 10.2. The molecule has 1 atom stereocenters. The molecule has 0 saturated heterocycles. The summed E-state index contributed by atoms with van der Waals surface area (Å²) in [5, 5.41) is 12.4. The van der Waals surface area contributed by atoms with Crippen molar-refractivity contribution in [3.63, 3.8) is 0 Å². The lowest BCUT2D eigenvalue weighted by Crippen LogP contribution is -2.27. The Morgan fingerprint density at radius 2 is 2.10 bits per heavy atom. The molecule has 1 unspecified atom stereocenters. The number of azo groups is 1. The quantitative estimate of drug-likeness (QED) is 0.779. The van der Waals surface area contributed by atoms with Crippen LogP contribution < -0.4 is 0 Å². The molecule has 0 amide bonds. The van der Waals surface area contributed by atoms with Crippen molar-refractivity contribution in [3.05, 3.63) is 40.4 Å². The van der Waals surface area contributed by atoms with Gasteiger partial charge in [0.15, 0.2) is 6.17 Å². The van der Waals surface area contributed by atoms with Crippen LogP contribution in [0.3, 0.4) is 0 Å². The molecule has 0 N–H and O–H groups in total. The molecule has 1 aromatic carbocycles. The van der Waals surface area contributed by atoms with Gasteiger partial charge in [-0.25, -0.2) is 4.98 Å². The number of aromatic nitrogens is 1. The molecule has 0 saturated carbocycles. The van der Waals surface area contributed by atoms with Gasteiger partial charge in [0.1, 0.15) is 5.01 Å². The van der Waals surface area contributed by atoms with E-state index >= 15 is 0 Å². The minimum atomic E-state index is -0.190. The van der Waals surface area contributed by atoms with Gasteiger partial charge in [-0.1, -0.05) is 23.7 Å². The minimum absolute atomic E-state index is 0.190. The Kier molecular flexibility index (Phi) is 3.78. The van der Waals surface area contributed by atoms with Crippen molar-refractivity contribution in [2.24, 2.45) is 10.2 Å². The van der Waals surface area contributed by atoms with E-state index in [2.05, 4.69) is 15.2 Å². The standard InChI is InChI=1S/C13H11ClN4S2/c1-2-18-11(16-17-13(18)19)10-7-20-12(15-10)8-3-5-9(14)6-4-8/h3-7,11H,2H2,1H3. The van der Waals surface area contributed by atoms with Gasteiger partial charge >= 0.3 is 0 Å². The van der Waals surface area contributed by atoms with Crippen LogP contribution in [-0.2, 0) is 0 Å². The molecule has 0 spiro atoms. The second-order valence-electron chi connectivity index (χ2n) is 4.24. The molecule has 3 rings (SSSR count). The maximum atomic E-state index is 5.90. The second-order valence-corrected chi connectivity index (χ2v) is 5.90. The smallest absolute Gasteiger partial charge is 0.218 e. The summed E-state index contributed by atoms with van der Waals surface area (Å²) in [6.45, 7) is 2.80. The summed E-state index contributed by atoms with van der Waals surface area (Å²) in [5.41, 5.74) is 1.93. The Morgan fingerprint density at radius 3 is 2.80 bits per heavy atom. The van der Waals surface area contributed by atoms with Gasteiger partial charge in [0.05, 0.1) is 5.69 Å². The molecule has 4 nitrogen and oxygen atoms in total. The fourth-order valence-electron chi connectivity index (χ4n) is 1.99. The molecule has 0 bridgehead atoms. The van der Waals surface area contributed by atoms with Crippen LogP contribution in [-0.4, -0.2) is 21.5 Å². The van der Waals surface area contributed by atoms with Crippen LogP contribution in [0.4, 0.5) is 0 Å². The maximum absolute atomic E-state index is 5.90. The molecular weight excluding hydrogens is 312 g/mol. The minimum Gasteiger partial charge on any atom is -0.318 e. The predicted octanol–water partition coefficient (Wildman–Crippen LogP) is 4.53. The van der Waals surface area contributed by atoms with Gasteiger partial charge in [-0.3, -0.25) is 0 Å². The van der Waals surface area contributed by atoms with E-state index in [9.17, 15) is 0 Å². The summed E-state index contributed by atoms with van der Waals surface area (Å²) < 4.78 is 0. The highest BCUT2D eigenvalue weighted by Crippen LogP contribution is 2.32. The first-order valence-electron chi connectivity index (χ1n) is 6.12. The van der Waals surface area contributed by atoms with E-state index in [0.717, 1.165) is 27.8 Å². The number of thiocarbonyl (C=S) groups is 1.